The van der Waals surface area contributed by atoms with Crippen LogP contribution in [0.2, 0.25) is 0 Å². The minimum atomic E-state index is -0.391. The number of rotatable bonds is 7. The summed E-state index contributed by atoms with van der Waals surface area (Å²) < 4.78 is 13.1. The van der Waals surface area contributed by atoms with E-state index >= 15 is 0 Å². The third-order valence-corrected chi connectivity index (χ3v) is 7.97. The number of aromatic amines is 1. The minimum Gasteiger partial charge on any atom is -0.497 e. The molecule has 204 valence electrons. The molecule has 2 aliphatic rings. The number of tetrazole rings is 1. The summed E-state index contributed by atoms with van der Waals surface area (Å²) in [5.74, 6) is 1.37. The van der Waals surface area contributed by atoms with Gasteiger partial charge in [0.25, 0.3) is 5.56 Å². The van der Waals surface area contributed by atoms with Crippen molar-refractivity contribution in [1.82, 2.24) is 30.1 Å². The van der Waals surface area contributed by atoms with Crippen LogP contribution in [0.5, 0.6) is 5.75 Å². The molecule has 2 saturated heterocycles. The Morgan fingerprint density at radius 1 is 1.10 bits per heavy atom. The van der Waals surface area contributed by atoms with Gasteiger partial charge >= 0.3 is 0 Å². The monoisotopic (exact) mass is 529 g/mol. The highest BCUT2D eigenvalue weighted by atomic mass is 16.5. The van der Waals surface area contributed by atoms with Crippen LogP contribution in [0, 0.1) is 13.8 Å². The highest BCUT2D eigenvalue weighted by molar-refractivity contribution is 5.80. The molecule has 2 aromatic carbocycles. The zero-order valence-electron chi connectivity index (χ0n) is 22.8. The Morgan fingerprint density at radius 3 is 2.72 bits per heavy atom. The lowest BCUT2D eigenvalue weighted by Crippen LogP contribution is -2.49. The van der Waals surface area contributed by atoms with Gasteiger partial charge in [-0.2, -0.15) is 0 Å². The fraction of sp³-hybridized carbons (Fsp3) is 0.448. The molecular weight excluding hydrogens is 494 g/mol. The van der Waals surface area contributed by atoms with Crippen LogP contribution in [0.15, 0.2) is 47.3 Å². The number of anilines is 1. The van der Waals surface area contributed by atoms with E-state index < -0.39 is 6.04 Å². The van der Waals surface area contributed by atoms with Crippen LogP contribution in [0.3, 0.4) is 0 Å². The standard InChI is InChI=1S/C29H35N7O3/c1-19-6-7-20(2)26(15-19)34-10-12-35(13-11-34)27(28-31-32-33-36(28)18-23-5-4-14-39-23)24-16-21-8-9-22(38-3)17-25(21)30-29(24)37/h6-9,15-17,23,27H,4-5,10-14,18H2,1-3H3,(H,30,37)/t23-,27+/m0/s1. The number of hydrogen-bond acceptors (Lipinski definition) is 8. The van der Waals surface area contributed by atoms with Crippen molar-refractivity contribution in [3.63, 3.8) is 0 Å². The van der Waals surface area contributed by atoms with E-state index in [1.165, 1.54) is 16.8 Å². The van der Waals surface area contributed by atoms with Crippen molar-refractivity contribution in [1.29, 1.82) is 0 Å². The molecule has 0 saturated carbocycles. The van der Waals surface area contributed by atoms with Crippen LogP contribution in [-0.4, -0.2) is 76.1 Å². The Morgan fingerprint density at radius 2 is 1.95 bits per heavy atom. The van der Waals surface area contributed by atoms with E-state index in [0.29, 0.717) is 23.7 Å². The summed E-state index contributed by atoms with van der Waals surface area (Å²) in [6, 6.07) is 13.9. The normalized spacial score (nSPS) is 19.1. The molecule has 10 nitrogen and oxygen atoms in total. The number of hydrogen-bond donors (Lipinski definition) is 1. The van der Waals surface area contributed by atoms with Gasteiger partial charge in [0, 0.05) is 50.1 Å². The summed E-state index contributed by atoms with van der Waals surface area (Å²) in [4.78, 5) is 21.4. The fourth-order valence-electron chi connectivity index (χ4n) is 5.83. The third-order valence-electron chi connectivity index (χ3n) is 7.97. The lowest BCUT2D eigenvalue weighted by Gasteiger charge is -2.40. The Hall–Kier alpha value is -3.76. The second kappa shape index (κ2) is 10.8. The average Bonchev–Trinajstić information content (AvgIpc) is 3.63. The molecule has 4 heterocycles. The average molecular weight is 530 g/mol. The van der Waals surface area contributed by atoms with Crippen molar-refractivity contribution in [3.05, 3.63) is 75.3 Å². The Bertz CT molecular complexity index is 1520. The quantitative estimate of drug-likeness (QED) is 0.390. The first-order chi connectivity index (χ1) is 19.0. The molecule has 0 bridgehead atoms. The summed E-state index contributed by atoms with van der Waals surface area (Å²) in [5, 5.41) is 13.8. The largest absolute Gasteiger partial charge is 0.497 e. The second-order valence-electron chi connectivity index (χ2n) is 10.6. The number of H-pyrrole nitrogens is 1. The van der Waals surface area contributed by atoms with Gasteiger partial charge in [-0.25, -0.2) is 4.68 Å². The zero-order valence-corrected chi connectivity index (χ0v) is 22.8. The van der Waals surface area contributed by atoms with Gasteiger partial charge in [0.1, 0.15) is 11.8 Å². The summed E-state index contributed by atoms with van der Waals surface area (Å²) in [6.45, 7) is 8.85. The predicted octanol–water partition coefficient (Wildman–Crippen LogP) is 3.23. The van der Waals surface area contributed by atoms with Crippen molar-refractivity contribution in [2.45, 2.75) is 45.4 Å². The molecule has 2 fully saturated rings. The molecule has 0 unspecified atom stereocenters. The van der Waals surface area contributed by atoms with E-state index in [1.54, 1.807) is 7.11 Å². The van der Waals surface area contributed by atoms with Gasteiger partial charge in [-0.1, -0.05) is 12.1 Å². The SMILES string of the molecule is COc1ccc2cc([C@H](c3nnnn3C[C@@H]3CCCO3)N3CCN(c4cc(C)ccc4C)CC3)c(=O)[nH]c2c1. The highest BCUT2D eigenvalue weighted by Gasteiger charge is 2.34. The first-order valence-electron chi connectivity index (χ1n) is 13.6. The number of pyridine rings is 1. The zero-order chi connectivity index (χ0) is 26.9. The van der Waals surface area contributed by atoms with Gasteiger partial charge in [-0.3, -0.25) is 9.69 Å². The number of methoxy groups -OCH3 is 1. The second-order valence-corrected chi connectivity index (χ2v) is 10.6. The number of ether oxygens (including phenoxy) is 2. The summed E-state index contributed by atoms with van der Waals surface area (Å²) in [7, 11) is 1.62. The van der Waals surface area contributed by atoms with Gasteiger partial charge in [0.05, 0.1) is 25.3 Å². The van der Waals surface area contributed by atoms with Crippen LogP contribution < -0.4 is 15.2 Å². The lowest BCUT2D eigenvalue weighted by atomic mass is 10.0. The molecule has 2 aromatic heterocycles. The molecule has 6 rings (SSSR count). The van der Waals surface area contributed by atoms with E-state index in [9.17, 15) is 4.79 Å². The van der Waals surface area contributed by atoms with E-state index in [0.717, 1.165) is 56.5 Å². The lowest BCUT2D eigenvalue weighted by molar-refractivity contribution is 0.0906. The first kappa shape index (κ1) is 25.5. The van der Waals surface area contributed by atoms with Crippen LogP contribution in [0.25, 0.3) is 10.9 Å². The minimum absolute atomic E-state index is 0.0800. The highest BCUT2D eigenvalue weighted by Crippen LogP contribution is 2.31. The van der Waals surface area contributed by atoms with Gasteiger partial charge < -0.3 is 19.4 Å². The van der Waals surface area contributed by atoms with Gasteiger partial charge in [0.15, 0.2) is 5.82 Å². The molecule has 2 aliphatic heterocycles. The molecule has 0 radical (unpaired) electrons. The molecule has 1 N–H and O–H groups in total. The first-order valence-corrected chi connectivity index (χ1v) is 13.6. The molecule has 4 aromatic rings. The third kappa shape index (κ3) is 5.14. The van der Waals surface area contributed by atoms with Crippen molar-refractivity contribution in [2.24, 2.45) is 0 Å². The number of benzene rings is 2. The smallest absolute Gasteiger partial charge is 0.253 e. The molecular formula is C29H35N7O3. The van der Waals surface area contributed by atoms with Crippen molar-refractivity contribution in [3.8, 4) is 5.75 Å². The number of aromatic nitrogens is 5. The Labute approximate surface area is 227 Å². The molecule has 10 heteroatoms. The molecule has 39 heavy (non-hydrogen) atoms. The van der Waals surface area contributed by atoms with Gasteiger partial charge in [0.2, 0.25) is 0 Å². The number of fused-ring (bicyclic) bond motifs is 1. The van der Waals surface area contributed by atoms with Crippen LogP contribution >= 0.6 is 0 Å². The van der Waals surface area contributed by atoms with Crippen molar-refractivity contribution in [2.75, 3.05) is 44.8 Å². The Kier molecular flexibility index (Phi) is 7.05. The summed E-state index contributed by atoms with van der Waals surface area (Å²) in [6.07, 6.45) is 2.10. The van der Waals surface area contributed by atoms with E-state index in [1.807, 2.05) is 28.9 Å². The maximum Gasteiger partial charge on any atom is 0.253 e. The maximum absolute atomic E-state index is 13.6. The van der Waals surface area contributed by atoms with Crippen LogP contribution in [0.4, 0.5) is 5.69 Å². The molecule has 0 amide bonds. The van der Waals surface area contributed by atoms with Gasteiger partial charge in [-0.05, 0) is 77.9 Å². The van der Waals surface area contributed by atoms with E-state index in [2.05, 4.69) is 62.4 Å². The number of nitrogens with one attached hydrogen (secondary N) is 1. The number of piperazine rings is 1. The maximum atomic E-state index is 13.6. The number of aryl methyl sites for hydroxylation is 2. The van der Waals surface area contributed by atoms with E-state index in [-0.39, 0.29) is 11.7 Å². The van der Waals surface area contributed by atoms with E-state index in [4.69, 9.17) is 9.47 Å². The van der Waals surface area contributed by atoms with Crippen LogP contribution in [-0.2, 0) is 11.3 Å². The topological polar surface area (TPSA) is 101 Å². The van der Waals surface area contributed by atoms with Crippen molar-refractivity contribution < 1.29 is 9.47 Å². The van der Waals surface area contributed by atoms with Crippen LogP contribution in [0.1, 0.15) is 41.4 Å². The molecule has 2 atom stereocenters. The fourth-order valence-corrected chi connectivity index (χ4v) is 5.83. The summed E-state index contributed by atoms with van der Waals surface area (Å²) >= 11 is 0. The predicted molar refractivity (Wildman–Crippen MR) is 149 cm³/mol. The Balaban J connectivity index is 1.36. The number of nitrogens with zero attached hydrogens (tertiary/aromatic N) is 6. The summed E-state index contributed by atoms with van der Waals surface area (Å²) in [5.41, 5.74) is 5.02. The van der Waals surface area contributed by atoms with Gasteiger partial charge in [-0.15, -0.1) is 5.10 Å². The van der Waals surface area contributed by atoms with Crippen molar-refractivity contribution >= 4 is 16.6 Å². The molecule has 0 spiro atoms. The molecule has 0 aliphatic carbocycles.